The minimum atomic E-state index is -3.47. The summed E-state index contributed by atoms with van der Waals surface area (Å²) in [4.78, 5) is 24.1. The third-order valence-electron chi connectivity index (χ3n) is 4.24. The van der Waals surface area contributed by atoms with E-state index in [0.717, 1.165) is 12.3 Å². The number of hydrogen-bond acceptors (Lipinski definition) is 7. The molecule has 0 saturated heterocycles. The average Bonchev–Trinajstić information content (AvgIpc) is 2.79. The number of hydrogen-bond donors (Lipinski definition) is 2. The summed E-state index contributed by atoms with van der Waals surface area (Å²) in [6.45, 7) is 1.47. The standard InChI is InChI=1S/C17H20FN5O4S.C6H5F/c1-10(19)22-15(9-28(3,25)26)12-6-11(4-5-13(12)18)23-17(24)14-7-21-16(27-2)8-20-14;7-6-4-2-1-3-5-6/h4-8,15H,9H2,1-3H3,(H2,19,22)(H,23,24);1-5H. The van der Waals surface area contributed by atoms with Crippen LogP contribution in [-0.2, 0) is 9.84 Å². The second-order valence-corrected chi connectivity index (χ2v) is 9.49. The predicted molar refractivity (Wildman–Crippen MR) is 129 cm³/mol. The fourth-order valence-electron chi connectivity index (χ4n) is 2.75. The van der Waals surface area contributed by atoms with Gasteiger partial charge in [-0.2, -0.15) is 0 Å². The maximum Gasteiger partial charge on any atom is 0.275 e. The number of carbonyl (C=O) groups excluding carboxylic acids is 1. The summed E-state index contributed by atoms with van der Waals surface area (Å²) < 4.78 is 54.5. The van der Waals surface area contributed by atoms with Gasteiger partial charge >= 0.3 is 0 Å². The molecular weight excluding hydrogens is 480 g/mol. The van der Waals surface area contributed by atoms with Crippen LogP contribution in [0.15, 0.2) is 65.9 Å². The predicted octanol–water partition coefficient (Wildman–Crippen LogP) is 3.17. The summed E-state index contributed by atoms with van der Waals surface area (Å²) in [5.74, 6) is -1.50. The van der Waals surface area contributed by atoms with E-state index in [1.165, 1.54) is 50.7 Å². The van der Waals surface area contributed by atoms with E-state index in [1.807, 2.05) is 0 Å². The van der Waals surface area contributed by atoms with Crippen molar-refractivity contribution in [3.8, 4) is 5.88 Å². The monoisotopic (exact) mass is 505 g/mol. The van der Waals surface area contributed by atoms with Gasteiger partial charge < -0.3 is 15.8 Å². The number of sulfone groups is 1. The van der Waals surface area contributed by atoms with E-state index in [1.54, 1.807) is 18.2 Å². The highest BCUT2D eigenvalue weighted by molar-refractivity contribution is 7.90. The molecule has 1 aromatic heterocycles. The Bertz CT molecular complexity index is 1270. The van der Waals surface area contributed by atoms with Crippen LogP contribution in [0.25, 0.3) is 0 Å². The molecule has 9 nitrogen and oxygen atoms in total. The maximum absolute atomic E-state index is 14.3. The van der Waals surface area contributed by atoms with E-state index in [2.05, 4.69) is 20.3 Å². The Morgan fingerprint density at radius 2 is 1.83 bits per heavy atom. The minimum absolute atomic E-state index is 0.00570. The quantitative estimate of drug-likeness (QED) is 0.372. The van der Waals surface area contributed by atoms with Crippen LogP contribution >= 0.6 is 0 Å². The Labute approximate surface area is 202 Å². The molecule has 186 valence electrons. The first-order valence-electron chi connectivity index (χ1n) is 10.1. The van der Waals surface area contributed by atoms with Crippen LogP contribution in [0.2, 0.25) is 0 Å². The number of rotatable bonds is 7. The fraction of sp³-hybridized carbons (Fsp3) is 0.217. The van der Waals surface area contributed by atoms with Gasteiger partial charge in [0.25, 0.3) is 5.91 Å². The van der Waals surface area contributed by atoms with Crippen molar-refractivity contribution in [3.05, 3.63) is 83.8 Å². The van der Waals surface area contributed by atoms with Gasteiger partial charge in [0.15, 0.2) is 0 Å². The largest absolute Gasteiger partial charge is 0.480 e. The summed E-state index contributed by atoms with van der Waals surface area (Å²) in [6, 6.07) is 10.7. The summed E-state index contributed by atoms with van der Waals surface area (Å²) in [6.07, 6.45) is 3.53. The highest BCUT2D eigenvalue weighted by Crippen LogP contribution is 2.26. The lowest BCUT2D eigenvalue weighted by Gasteiger charge is -2.15. The summed E-state index contributed by atoms with van der Waals surface area (Å²) in [7, 11) is -2.05. The Hall–Kier alpha value is -3.93. The molecule has 1 amide bonds. The highest BCUT2D eigenvalue weighted by Gasteiger charge is 2.21. The van der Waals surface area contributed by atoms with E-state index < -0.39 is 33.4 Å². The van der Waals surface area contributed by atoms with Gasteiger partial charge in [0.05, 0.1) is 37.1 Å². The van der Waals surface area contributed by atoms with Gasteiger partial charge in [-0.3, -0.25) is 9.79 Å². The molecule has 0 bridgehead atoms. The minimum Gasteiger partial charge on any atom is -0.480 e. The second-order valence-electron chi connectivity index (χ2n) is 7.31. The van der Waals surface area contributed by atoms with Crippen molar-refractivity contribution in [2.75, 3.05) is 24.4 Å². The number of benzene rings is 2. The van der Waals surface area contributed by atoms with Crippen molar-refractivity contribution in [2.45, 2.75) is 13.0 Å². The first-order chi connectivity index (χ1) is 16.5. The third kappa shape index (κ3) is 9.45. The van der Waals surface area contributed by atoms with Crippen LogP contribution in [0.5, 0.6) is 5.88 Å². The lowest BCUT2D eigenvalue weighted by Crippen LogP contribution is -2.18. The number of anilines is 1. The molecule has 0 aliphatic heterocycles. The number of nitrogens with one attached hydrogen (secondary N) is 1. The molecule has 0 aliphatic carbocycles. The number of aliphatic imine (C=N–C) groups is 1. The number of nitrogens with zero attached hydrogens (tertiary/aromatic N) is 3. The number of carbonyl (C=O) groups is 1. The lowest BCUT2D eigenvalue weighted by atomic mass is 10.1. The van der Waals surface area contributed by atoms with E-state index in [4.69, 9.17) is 10.5 Å². The van der Waals surface area contributed by atoms with Crippen molar-refractivity contribution in [1.82, 2.24) is 9.97 Å². The summed E-state index contributed by atoms with van der Waals surface area (Å²) in [5.41, 5.74) is 5.81. The zero-order valence-corrected chi connectivity index (χ0v) is 20.1. The first kappa shape index (κ1) is 27.3. The van der Waals surface area contributed by atoms with Gasteiger partial charge in [-0.25, -0.2) is 27.2 Å². The van der Waals surface area contributed by atoms with Gasteiger partial charge in [0.2, 0.25) is 5.88 Å². The molecule has 3 aromatic rings. The molecule has 0 spiro atoms. The molecule has 0 saturated carbocycles. The number of amides is 1. The Morgan fingerprint density at radius 1 is 1.14 bits per heavy atom. The Morgan fingerprint density at radius 3 is 2.31 bits per heavy atom. The second kappa shape index (κ2) is 12.5. The summed E-state index contributed by atoms with van der Waals surface area (Å²) in [5, 5.41) is 2.56. The molecular formula is C23H25F2N5O4S. The van der Waals surface area contributed by atoms with E-state index in [9.17, 15) is 22.0 Å². The van der Waals surface area contributed by atoms with Gasteiger partial charge in [0, 0.05) is 17.5 Å². The summed E-state index contributed by atoms with van der Waals surface area (Å²) >= 11 is 0. The third-order valence-corrected chi connectivity index (χ3v) is 5.16. The van der Waals surface area contributed by atoms with Crippen LogP contribution in [0.1, 0.15) is 29.0 Å². The number of methoxy groups -OCH3 is 1. The van der Waals surface area contributed by atoms with Gasteiger partial charge in [-0.15, -0.1) is 0 Å². The Kier molecular flexibility index (Phi) is 9.76. The molecule has 35 heavy (non-hydrogen) atoms. The maximum atomic E-state index is 14.3. The molecule has 3 N–H and O–H groups in total. The van der Waals surface area contributed by atoms with Crippen LogP contribution < -0.4 is 15.8 Å². The number of halogens is 2. The number of ether oxygens (including phenoxy) is 1. The SMILES string of the molecule is COc1cnc(C(=O)Nc2ccc(F)c(C(CS(C)(=O)=O)N=C(C)N)c2)cn1.Fc1ccccc1. The Balaban J connectivity index is 0.000000527. The highest BCUT2D eigenvalue weighted by atomic mass is 32.2. The molecule has 0 aliphatic rings. The van der Waals surface area contributed by atoms with Gasteiger partial charge in [-0.1, -0.05) is 18.2 Å². The van der Waals surface area contributed by atoms with Crippen molar-refractivity contribution >= 4 is 27.3 Å². The molecule has 1 unspecified atom stereocenters. The topological polar surface area (TPSA) is 137 Å². The molecule has 0 radical (unpaired) electrons. The lowest BCUT2D eigenvalue weighted by molar-refractivity contribution is 0.102. The smallest absolute Gasteiger partial charge is 0.275 e. The van der Waals surface area contributed by atoms with Gasteiger partial charge in [-0.05, 0) is 37.3 Å². The van der Waals surface area contributed by atoms with Crippen LogP contribution in [-0.4, -0.2) is 49.2 Å². The van der Waals surface area contributed by atoms with Gasteiger partial charge in [0.1, 0.15) is 27.2 Å². The van der Waals surface area contributed by atoms with Crippen molar-refractivity contribution in [3.63, 3.8) is 0 Å². The van der Waals surface area contributed by atoms with Crippen molar-refractivity contribution in [2.24, 2.45) is 10.7 Å². The molecule has 3 rings (SSSR count). The molecule has 0 fully saturated rings. The molecule has 2 aromatic carbocycles. The average molecular weight is 506 g/mol. The van der Waals surface area contributed by atoms with Crippen molar-refractivity contribution < 1.29 is 26.7 Å². The normalized spacial score (nSPS) is 12.2. The number of amidine groups is 1. The van der Waals surface area contributed by atoms with Crippen LogP contribution in [0.4, 0.5) is 14.5 Å². The van der Waals surface area contributed by atoms with E-state index in [0.29, 0.717) is 0 Å². The molecule has 12 heteroatoms. The first-order valence-corrected chi connectivity index (χ1v) is 12.2. The molecule has 1 heterocycles. The van der Waals surface area contributed by atoms with Crippen molar-refractivity contribution in [1.29, 1.82) is 0 Å². The fourth-order valence-corrected chi connectivity index (χ4v) is 3.58. The van der Waals surface area contributed by atoms with Crippen LogP contribution in [0.3, 0.4) is 0 Å². The van der Waals surface area contributed by atoms with E-state index >= 15 is 0 Å². The van der Waals surface area contributed by atoms with E-state index in [-0.39, 0.29) is 34.5 Å². The zero-order chi connectivity index (χ0) is 26.0. The zero-order valence-electron chi connectivity index (χ0n) is 19.3. The number of aromatic nitrogens is 2. The molecule has 1 atom stereocenters. The van der Waals surface area contributed by atoms with Crippen LogP contribution in [0, 0.1) is 11.6 Å². The number of nitrogens with two attached hydrogens (primary N) is 1.